The quantitative estimate of drug-likeness (QED) is 0.561. The van der Waals surface area contributed by atoms with E-state index in [-0.39, 0.29) is 6.10 Å². The third-order valence-electron chi connectivity index (χ3n) is 5.38. The average Bonchev–Trinajstić information content (AvgIpc) is 2.73. The Labute approximate surface area is 179 Å². The van der Waals surface area contributed by atoms with E-state index in [1.54, 1.807) is 7.05 Å². The number of nitrogens with one attached hydrogen (secondary N) is 1. The van der Waals surface area contributed by atoms with Crippen LogP contribution < -0.4 is 5.32 Å². The van der Waals surface area contributed by atoms with E-state index >= 15 is 0 Å². The van der Waals surface area contributed by atoms with Crippen molar-refractivity contribution in [2.45, 2.75) is 38.6 Å². The maximum absolute atomic E-state index is 9.64. The highest BCUT2D eigenvalue weighted by Crippen LogP contribution is 2.17. The molecule has 0 aliphatic carbocycles. The van der Waals surface area contributed by atoms with Gasteiger partial charge < -0.3 is 15.3 Å². The molecule has 2 aromatic rings. The molecule has 1 heterocycles. The zero-order valence-electron chi connectivity index (χ0n) is 17.3. The molecular weight excluding hydrogens is 384 g/mol. The summed E-state index contributed by atoms with van der Waals surface area (Å²) < 4.78 is 0. The van der Waals surface area contributed by atoms with Gasteiger partial charge in [0.1, 0.15) is 0 Å². The van der Waals surface area contributed by atoms with E-state index in [1.807, 2.05) is 31.3 Å². The molecule has 1 aliphatic rings. The Balaban J connectivity index is 1.49. The number of hydrogen-bond donors (Lipinski definition) is 2. The van der Waals surface area contributed by atoms with Crippen LogP contribution in [0.4, 0.5) is 0 Å². The van der Waals surface area contributed by atoms with E-state index in [0.29, 0.717) is 6.54 Å². The van der Waals surface area contributed by atoms with Crippen LogP contribution in [0, 0.1) is 0 Å². The minimum Gasteiger partial charge on any atom is -0.393 e. The molecule has 156 valence electrons. The zero-order chi connectivity index (χ0) is 20.6. The molecule has 1 saturated heterocycles. The number of hydrogen-bond acceptors (Lipinski definition) is 3. The molecule has 0 aromatic heterocycles. The van der Waals surface area contributed by atoms with Gasteiger partial charge in [0.05, 0.1) is 6.10 Å². The van der Waals surface area contributed by atoms with Crippen LogP contribution in [0.2, 0.25) is 5.02 Å². The summed E-state index contributed by atoms with van der Waals surface area (Å²) in [5.74, 6) is 0.834. The second-order valence-corrected chi connectivity index (χ2v) is 8.08. The van der Waals surface area contributed by atoms with Crippen molar-refractivity contribution in [3.05, 3.63) is 70.2 Å². The first-order valence-electron chi connectivity index (χ1n) is 10.2. The first-order valence-corrected chi connectivity index (χ1v) is 10.6. The van der Waals surface area contributed by atoms with E-state index in [2.05, 4.69) is 44.4 Å². The molecule has 0 bridgehead atoms. The molecule has 0 saturated carbocycles. The van der Waals surface area contributed by atoms with Crippen molar-refractivity contribution in [3.63, 3.8) is 0 Å². The van der Waals surface area contributed by atoms with Crippen LogP contribution in [-0.2, 0) is 19.6 Å². The Hall–Kier alpha value is -2.08. The normalized spacial score (nSPS) is 16.1. The predicted molar refractivity (Wildman–Crippen MR) is 120 cm³/mol. The van der Waals surface area contributed by atoms with Crippen molar-refractivity contribution in [2.75, 3.05) is 27.2 Å². The first kappa shape index (κ1) is 21.6. The van der Waals surface area contributed by atoms with Crippen molar-refractivity contribution in [1.29, 1.82) is 0 Å². The Bertz CT molecular complexity index is 801. The summed E-state index contributed by atoms with van der Waals surface area (Å²) in [4.78, 5) is 8.87. The third-order valence-corrected chi connectivity index (χ3v) is 5.74. The van der Waals surface area contributed by atoms with Gasteiger partial charge in [0.2, 0.25) is 0 Å². The Morgan fingerprint density at radius 2 is 1.79 bits per heavy atom. The summed E-state index contributed by atoms with van der Waals surface area (Å²) in [7, 11) is 3.81. The summed E-state index contributed by atoms with van der Waals surface area (Å²) in [6, 6.07) is 16.6. The van der Waals surface area contributed by atoms with Gasteiger partial charge in [0.15, 0.2) is 5.96 Å². The predicted octanol–water partition coefficient (Wildman–Crippen LogP) is 3.50. The highest BCUT2D eigenvalue weighted by molar-refractivity contribution is 6.31. The Morgan fingerprint density at radius 1 is 1.14 bits per heavy atom. The molecule has 0 spiro atoms. The Kier molecular flexibility index (Phi) is 7.92. The van der Waals surface area contributed by atoms with Crippen molar-refractivity contribution in [3.8, 4) is 0 Å². The lowest BCUT2D eigenvalue weighted by molar-refractivity contribution is 0.0792. The molecule has 0 unspecified atom stereocenters. The summed E-state index contributed by atoms with van der Waals surface area (Å²) >= 11 is 6.28. The summed E-state index contributed by atoms with van der Waals surface area (Å²) in [5, 5.41) is 13.8. The number of likely N-dealkylation sites (tertiary alicyclic amines) is 1. The standard InChI is InChI=1S/C23H31ClN4O/c1-25-23(27(2)17-20-5-3-4-6-22(20)24)26-15-18-7-9-19(10-8-18)16-28-13-11-21(29)12-14-28/h3-10,21,29H,11-17H2,1-2H3,(H,25,26). The van der Waals surface area contributed by atoms with E-state index in [9.17, 15) is 5.11 Å². The Morgan fingerprint density at radius 3 is 2.45 bits per heavy atom. The summed E-state index contributed by atoms with van der Waals surface area (Å²) in [6.45, 7) is 4.30. The molecule has 1 aliphatic heterocycles. The summed E-state index contributed by atoms with van der Waals surface area (Å²) in [6.07, 6.45) is 1.64. The molecule has 29 heavy (non-hydrogen) atoms. The number of aliphatic imine (C=N–C) groups is 1. The second-order valence-electron chi connectivity index (χ2n) is 7.67. The topological polar surface area (TPSA) is 51.1 Å². The van der Waals surface area contributed by atoms with Crippen molar-refractivity contribution in [2.24, 2.45) is 4.99 Å². The summed E-state index contributed by atoms with van der Waals surface area (Å²) in [5.41, 5.74) is 3.61. The molecule has 2 aromatic carbocycles. The minimum absolute atomic E-state index is 0.120. The van der Waals surface area contributed by atoms with Crippen LogP contribution in [0.15, 0.2) is 53.5 Å². The van der Waals surface area contributed by atoms with E-state index in [1.165, 1.54) is 11.1 Å². The van der Waals surface area contributed by atoms with Crippen molar-refractivity contribution >= 4 is 17.6 Å². The van der Waals surface area contributed by atoms with Gasteiger partial charge in [-0.2, -0.15) is 0 Å². The lowest BCUT2D eigenvalue weighted by Gasteiger charge is -2.29. The second kappa shape index (κ2) is 10.6. The number of benzene rings is 2. The monoisotopic (exact) mass is 414 g/mol. The fourth-order valence-corrected chi connectivity index (χ4v) is 3.82. The number of aliphatic hydroxyl groups is 1. The number of rotatable bonds is 6. The minimum atomic E-state index is -0.120. The van der Waals surface area contributed by atoms with Crippen molar-refractivity contribution < 1.29 is 5.11 Å². The fourth-order valence-electron chi connectivity index (χ4n) is 3.62. The average molecular weight is 415 g/mol. The van der Waals surface area contributed by atoms with Gasteiger partial charge in [-0.1, -0.05) is 54.1 Å². The zero-order valence-corrected chi connectivity index (χ0v) is 18.1. The van der Waals surface area contributed by atoms with Crippen LogP contribution in [0.25, 0.3) is 0 Å². The maximum atomic E-state index is 9.64. The SMILES string of the molecule is CN=C(NCc1ccc(CN2CCC(O)CC2)cc1)N(C)Cc1ccccc1Cl. The largest absolute Gasteiger partial charge is 0.393 e. The lowest BCUT2D eigenvalue weighted by Crippen LogP contribution is -2.38. The smallest absolute Gasteiger partial charge is 0.193 e. The number of piperidine rings is 1. The van der Waals surface area contributed by atoms with Gasteiger partial charge in [-0.15, -0.1) is 0 Å². The van der Waals surface area contributed by atoms with Crippen molar-refractivity contribution in [1.82, 2.24) is 15.1 Å². The fraction of sp³-hybridized carbons (Fsp3) is 0.435. The molecule has 0 amide bonds. The van der Waals surface area contributed by atoms with Crippen LogP contribution in [-0.4, -0.2) is 54.2 Å². The first-order chi connectivity index (χ1) is 14.0. The van der Waals surface area contributed by atoms with E-state index in [0.717, 1.165) is 55.6 Å². The van der Waals surface area contributed by atoms with Gasteiger partial charge in [0.25, 0.3) is 0 Å². The van der Waals surface area contributed by atoms with Gasteiger partial charge >= 0.3 is 0 Å². The molecule has 1 fully saturated rings. The molecule has 6 heteroatoms. The maximum Gasteiger partial charge on any atom is 0.193 e. The van der Waals surface area contributed by atoms with Crippen LogP contribution in [0.3, 0.4) is 0 Å². The van der Waals surface area contributed by atoms with E-state index in [4.69, 9.17) is 11.6 Å². The number of halogens is 1. The molecule has 2 N–H and O–H groups in total. The highest BCUT2D eigenvalue weighted by atomic mass is 35.5. The number of nitrogens with zero attached hydrogens (tertiary/aromatic N) is 3. The van der Waals surface area contributed by atoms with Crippen LogP contribution >= 0.6 is 11.6 Å². The molecular formula is C23H31ClN4O. The molecule has 3 rings (SSSR count). The van der Waals surface area contributed by atoms with Crippen LogP contribution in [0.5, 0.6) is 0 Å². The van der Waals surface area contributed by atoms with Gasteiger partial charge in [-0.3, -0.25) is 9.89 Å². The van der Waals surface area contributed by atoms with Gasteiger partial charge in [-0.05, 0) is 35.6 Å². The third kappa shape index (κ3) is 6.46. The number of guanidine groups is 1. The number of aliphatic hydroxyl groups excluding tert-OH is 1. The molecule has 0 radical (unpaired) electrons. The van der Waals surface area contributed by atoms with Gasteiger partial charge in [-0.25, -0.2) is 0 Å². The highest BCUT2D eigenvalue weighted by Gasteiger charge is 2.16. The van der Waals surface area contributed by atoms with E-state index < -0.39 is 0 Å². The van der Waals surface area contributed by atoms with Crippen LogP contribution in [0.1, 0.15) is 29.5 Å². The van der Waals surface area contributed by atoms with Gasteiger partial charge in [0, 0.05) is 51.8 Å². The molecule has 5 nitrogen and oxygen atoms in total. The lowest BCUT2D eigenvalue weighted by atomic mass is 10.1. The molecule has 0 atom stereocenters.